The molecule has 0 radical (unpaired) electrons. The number of halogens is 1. The van der Waals surface area contributed by atoms with E-state index in [1.165, 1.54) is 16.7 Å². The lowest BCUT2D eigenvalue weighted by molar-refractivity contribution is 1.11. The minimum absolute atomic E-state index is 0.710. The Hall–Kier alpha value is -1.79. The smallest absolute Gasteiger partial charge is 0.0991 e. The summed E-state index contributed by atoms with van der Waals surface area (Å²) in [5.41, 5.74) is 6.63. The highest BCUT2D eigenvalue weighted by atomic mass is 79.9. The van der Waals surface area contributed by atoms with E-state index in [1.54, 1.807) is 0 Å². The first-order valence-corrected chi connectivity index (χ1v) is 7.31. The normalized spacial score (nSPS) is 10.2. The molecule has 0 fully saturated rings. The minimum atomic E-state index is 0.710. The SMILES string of the molecule is Cc1cc(C#N)ccc1CNc1cc(C)c(Br)c(C)c1. The van der Waals surface area contributed by atoms with Crippen LogP contribution >= 0.6 is 15.9 Å². The number of hydrogen-bond donors (Lipinski definition) is 1. The third kappa shape index (κ3) is 3.20. The van der Waals surface area contributed by atoms with Crippen molar-refractivity contribution in [1.29, 1.82) is 5.26 Å². The van der Waals surface area contributed by atoms with Gasteiger partial charge in [0, 0.05) is 16.7 Å². The molecule has 2 nitrogen and oxygen atoms in total. The second-order valence-corrected chi connectivity index (χ2v) is 5.82. The van der Waals surface area contributed by atoms with Crippen molar-refractivity contribution in [2.75, 3.05) is 5.32 Å². The summed E-state index contributed by atoms with van der Waals surface area (Å²) < 4.78 is 1.16. The molecule has 0 atom stereocenters. The monoisotopic (exact) mass is 328 g/mol. The topological polar surface area (TPSA) is 35.8 Å². The molecule has 0 aliphatic heterocycles. The number of nitriles is 1. The first kappa shape index (κ1) is 14.6. The standard InChI is InChI=1S/C17H17BrN2/c1-11-6-14(9-19)4-5-15(11)10-20-16-7-12(2)17(18)13(3)8-16/h4-8,20H,10H2,1-3H3. The fraction of sp³-hybridized carbons (Fsp3) is 0.235. The highest BCUT2D eigenvalue weighted by molar-refractivity contribution is 9.10. The van der Waals surface area contributed by atoms with Gasteiger partial charge in [0.15, 0.2) is 0 Å². The van der Waals surface area contributed by atoms with Gasteiger partial charge in [-0.15, -0.1) is 0 Å². The summed E-state index contributed by atoms with van der Waals surface area (Å²) in [6.07, 6.45) is 0. The van der Waals surface area contributed by atoms with E-state index in [9.17, 15) is 0 Å². The van der Waals surface area contributed by atoms with Gasteiger partial charge in [0.2, 0.25) is 0 Å². The van der Waals surface area contributed by atoms with E-state index >= 15 is 0 Å². The highest BCUT2D eigenvalue weighted by Crippen LogP contribution is 2.25. The van der Waals surface area contributed by atoms with Crippen LogP contribution in [0.15, 0.2) is 34.8 Å². The van der Waals surface area contributed by atoms with Crippen molar-refractivity contribution < 1.29 is 0 Å². The Kier molecular flexibility index (Phi) is 4.46. The summed E-state index contributed by atoms with van der Waals surface area (Å²) in [5.74, 6) is 0. The van der Waals surface area contributed by atoms with E-state index in [0.717, 1.165) is 22.3 Å². The zero-order valence-corrected chi connectivity index (χ0v) is 13.5. The molecule has 102 valence electrons. The summed E-state index contributed by atoms with van der Waals surface area (Å²) in [5, 5.41) is 12.3. The van der Waals surface area contributed by atoms with Crippen molar-refractivity contribution >= 4 is 21.6 Å². The molecular weight excluding hydrogens is 312 g/mol. The summed E-state index contributed by atoms with van der Waals surface area (Å²) >= 11 is 3.58. The summed E-state index contributed by atoms with van der Waals surface area (Å²) in [4.78, 5) is 0. The fourth-order valence-electron chi connectivity index (χ4n) is 2.21. The zero-order valence-electron chi connectivity index (χ0n) is 11.9. The lowest BCUT2D eigenvalue weighted by Crippen LogP contribution is -2.02. The number of nitrogens with zero attached hydrogens (tertiary/aromatic N) is 1. The van der Waals surface area contributed by atoms with Crippen molar-refractivity contribution in [3.8, 4) is 6.07 Å². The molecule has 0 spiro atoms. The third-order valence-corrected chi connectivity index (χ3v) is 4.64. The van der Waals surface area contributed by atoms with Crippen LogP contribution in [0.2, 0.25) is 0 Å². The van der Waals surface area contributed by atoms with E-state index in [-0.39, 0.29) is 0 Å². The Morgan fingerprint density at radius 1 is 1.05 bits per heavy atom. The molecular formula is C17H17BrN2. The Labute approximate surface area is 128 Å². The Bertz CT molecular complexity index is 661. The molecule has 0 heterocycles. The number of benzene rings is 2. The fourth-order valence-corrected chi connectivity index (χ4v) is 2.44. The van der Waals surface area contributed by atoms with E-state index in [0.29, 0.717) is 5.56 Å². The summed E-state index contributed by atoms with van der Waals surface area (Å²) in [6.45, 7) is 6.98. The molecule has 0 saturated carbocycles. The molecule has 0 unspecified atom stereocenters. The molecule has 20 heavy (non-hydrogen) atoms. The number of hydrogen-bond acceptors (Lipinski definition) is 2. The maximum absolute atomic E-state index is 8.88. The average Bonchev–Trinajstić information content (AvgIpc) is 2.43. The van der Waals surface area contributed by atoms with Gasteiger partial charge in [-0.25, -0.2) is 0 Å². The predicted molar refractivity (Wildman–Crippen MR) is 86.8 cm³/mol. The molecule has 0 amide bonds. The van der Waals surface area contributed by atoms with Crippen LogP contribution in [0.3, 0.4) is 0 Å². The van der Waals surface area contributed by atoms with Crippen LogP contribution in [0.1, 0.15) is 27.8 Å². The van der Waals surface area contributed by atoms with Crippen molar-refractivity contribution in [2.24, 2.45) is 0 Å². The van der Waals surface area contributed by atoms with Gasteiger partial charge in [-0.2, -0.15) is 5.26 Å². The van der Waals surface area contributed by atoms with E-state index < -0.39 is 0 Å². The number of anilines is 1. The number of rotatable bonds is 3. The van der Waals surface area contributed by atoms with Gasteiger partial charge in [-0.05, 0) is 67.3 Å². The van der Waals surface area contributed by atoms with Gasteiger partial charge in [0.25, 0.3) is 0 Å². The Morgan fingerprint density at radius 2 is 1.70 bits per heavy atom. The number of nitrogens with one attached hydrogen (secondary N) is 1. The zero-order chi connectivity index (χ0) is 14.7. The number of aryl methyl sites for hydroxylation is 3. The second-order valence-electron chi connectivity index (χ2n) is 5.03. The van der Waals surface area contributed by atoms with Crippen LogP contribution in [0.5, 0.6) is 0 Å². The van der Waals surface area contributed by atoms with E-state index in [2.05, 4.69) is 53.3 Å². The van der Waals surface area contributed by atoms with Gasteiger partial charge in [0.1, 0.15) is 0 Å². The lowest BCUT2D eigenvalue weighted by Gasteiger charge is -2.12. The van der Waals surface area contributed by atoms with Gasteiger partial charge in [0.05, 0.1) is 11.6 Å². The molecule has 2 aromatic rings. The molecule has 3 heteroatoms. The van der Waals surface area contributed by atoms with Gasteiger partial charge in [-0.1, -0.05) is 22.0 Å². The van der Waals surface area contributed by atoms with Gasteiger partial charge in [-0.3, -0.25) is 0 Å². The van der Waals surface area contributed by atoms with Crippen molar-refractivity contribution in [3.63, 3.8) is 0 Å². The quantitative estimate of drug-likeness (QED) is 0.873. The first-order valence-electron chi connectivity index (χ1n) is 6.51. The minimum Gasteiger partial charge on any atom is -0.381 e. The predicted octanol–water partition coefficient (Wildman–Crippen LogP) is 4.86. The lowest BCUT2D eigenvalue weighted by atomic mass is 10.1. The molecule has 2 rings (SSSR count). The van der Waals surface area contributed by atoms with Crippen LogP contribution in [0, 0.1) is 32.1 Å². The van der Waals surface area contributed by atoms with Crippen LogP contribution < -0.4 is 5.32 Å². The van der Waals surface area contributed by atoms with Gasteiger partial charge >= 0.3 is 0 Å². The maximum atomic E-state index is 8.88. The second kappa shape index (κ2) is 6.11. The van der Waals surface area contributed by atoms with Crippen molar-refractivity contribution in [2.45, 2.75) is 27.3 Å². The van der Waals surface area contributed by atoms with Gasteiger partial charge < -0.3 is 5.32 Å². The Balaban J connectivity index is 2.15. The van der Waals surface area contributed by atoms with Crippen LogP contribution in [0.25, 0.3) is 0 Å². The molecule has 0 bridgehead atoms. The molecule has 0 aliphatic rings. The van der Waals surface area contributed by atoms with Crippen LogP contribution in [0.4, 0.5) is 5.69 Å². The maximum Gasteiger partial charge on any atom is 0.0991 e. The molecule has 1 N–H and O–H groups in total. The largest absolute Gasteiger partial charge is 0.381 e. The molecule has 0 aromatic heterocycles. The molecule has 2 aromatic carbocycles. The molecule has 0 saturated heterocycles. The third-order valence-electron chi connectivity index (χ3n) is 3.39. The highest BCUT2D eigenvalue weighted by Gasteiger charge is 2.04. The average molecular weight is 329 g/mol. The van der Waals surface area contributed by atoms with Crippen molar-refractivity contribution in [3.05, 3.63) is 62.6 Å². The first-order chi connectivity index (χ1) is 9.51. The van der Waals surface area contributed by atoms with E-state index in [4.69, 9.17) is 5.26 Å². The van der Waals surface area contributed by atoms with Crippen molar-refractivity contribution in [1.82, 2.24) is 0 Å². The van der Waals surface area contributed by atoms with Crippen LogP contribution in [-0.4, -0.2) is 0 Å². The van der Waals surface area contributed by atoms with Crippen LogP contribution in [-0.2, 0) is 6.54 Å². The summed E-state index contributed by atoms with van der Waals surface area (Å²) in [7, 11) is 0. The van der Waals surface area contributed by atoms with E-state index in [1.807, 2.05) is 25.1 Å². The summed E-state index contributed by atoms with van der Waals surface area (Å²) in [6, 6.07) is 12.2. The molecule has 0 aliphatic carbocycles. The Morgan fingerprint density at radius 3 is 2.25 bits per heavy atom.